The van der Waals surface area contributed by atoms with Crippen LogP contribution in [0.15, 0.2) is 30.6 Å². The van der Waals surface area contributed by atoms with Crippen LogP contribution in [0.2, 0.25) is 0 Å². The minimum atomic E-state index is 0.437. The van der Waals surface area contributed by atoms with E-state index < -0.39 is 0 Å². The van der Waals surface area contributed by atoms with Crippen LogP contribution in [0.25, 0.3) is 22.0 Å². The van der Waals surface area contributed by atoms with Gasteiger partial charge >= 0.3 is 0 Å². The summed E-state index contributed by atoms with van der Waals surface area (Å²) in [6.07, 6.45) is 10.9. The number of nitrogens with zero attached hydrogens (tertiary/aromatic N) is 4. The zero-order chi connectivity index (χ0) is 21.9. The molecule has 0 radical (unpaired) electrons. The van der Waals surface area contributed by atoms with E-state index in [2.05, 4.69) is 34.5 Å². The molecule has 1 aromatic carbocycles. The number of fused-ring (bicyclic) bond motifs is 1. The Bertz CT molecular complexity index is 1050. The first-order valence-corrected chi connectivity index (χ1v) is 11.9. The summed E-state index contributed by atoms with van der Waals surface area (Å²) in [6, 6.07) is 6.69. The van der Waals surface area contributed by atoms with Crippen LogP contribution in [-0.2, 0) is 11.8 Å². The lowest BCUT2D eigenvalue weighted by atomic mass is 9.87. The molecule has 1 aliphatic heterocycles. The van der Waals surface area contributed by atoms with Crippen molar-refractivity contribution in [2.45, 2.75) is 51.5 Å². The molecule has 32 heavy (non-hydrogen) atoms. The topological polar surface area (TPSA) is 74.1 Å². The lowest BCUT2D eigenvalue weighted by molar-refractivity contribution is 0.0491. The van der Waals surface area contributed by atoms with E-state index in [1.165, 1.54) is 25.7 Å². The van der Waals surface area contributed by atoms with Crippen molar-refractivity contribution in [3.63, 3.8) is 0 Å². The van der Waals surface area contributed by atoms with Gasteiger partial charge < -0.3 is 14.8 Å². The zero-order valence-electron chi connectivity index (χ0n) is 19.1. The summed E-state index contributed by atoms with van der Waals surface area (Å²) >= 11 is 0. The van der Waals surface area contributed by atoms with Gasteiger partial charge in [0.25, 0.3) is 0 Å². The summed E-state index contributed by atoms with van der Waals surface area (Å²) < 4.78 is 13.7. The van der Waals surface area contributed by atoms with Crippen molar-refractivity contribution >= 4 is 16.9 Å². The van der Waals surface area contributed by atoms with Crippen LogP contribution < -0.4 is 10.1 Å². The molecule has 3 aromatic rings. The minimum Gasteiger partial charge on any atom is -0.477 e. The van der Waals surface area contributed by atoms with Gasteiger partial charge in [-0.25, -0.2) is 4.98 Å². The normalized spacial score (nSPS) is 22.2. The van der Waals surface area contributed by atoms with Gasteiger partial charge in [0, 0.05) is 44.1 Å². The Labute approximate surface area is 189 Å². The number of benzene rings is 1. The summed E-state index contributed by atoms with van der Waals surface area (Å²) in [7, 11) is 1.94. The van der Waals surface area contributed by atoms with Crippen molar-refractivity contribution < 1.29 is 9.47 Å². The molecular weight excluding hydrogens is 402 g/mol. The van der Waals surface area contributed by atoms with E-state index in [9.17, 15) is 0 Å². The SMILES string of the molecule is Cn1cc2cc(-c3cnc(N[C@H]4CC[C@H](C)CC4)nc3OCC3CCOCC3)ccc2n1. The highest BCUT2D eigenvalue weighted by molar-refractivity contribution is 5.85. The maximum absolute atomic E-state index is 6.33. The van der Waals surface area contributed by atoms with E-state index in [1.807, 2.05) is 30.2 Å². The number of ether oxygens (including phenoxy) is 2. The van der Waals surface area contributed by atoms with Crippen molar-refractivity contribution in [2.24, 2.45) is 18.9 Å². The number of anilines is 1. The maximum Gasteiger partial charge on any atom is 0.226 e. The fourth-order valence-corrected chi connectivity index (χ4v) is 4.76. The molecule has 7 nitrogen and oxygen atoms in total. The van der Waals surface area contributed by atoms with Gasteiger partial charge in [-0.15, -0.1) is 0 Å². The molecule has 0 bridgehead atoms. The van der Waals surface area contributed by atoms with Gasteiger partial charge in [-0.1, -0.05) is 13.0 Å². The zero-order valence-corrected chi connectivity index (χ0v) is 19.1. The Hall–Kier alpha value is -2.67. The van der Waals surface area contributed by atoms with Gasteiger partial charge in [0.15, 0.2) is 0 Å². The van der Waals surface area contributed by atoms with Gasteiger partial charge in [0.1, 0.15) is 0 Å². The van der Waals surface area contributed by atoms with Gasteiger partial charge in [0.2, 0.25) is 11.8 Å². The summed E-state index contributed by atoms with van der Waals surface area (Å²) in [5.41, 5.74) is 2.95. The predicted molar refractivity (Wildman–Crippen MR) is 126 cm³/mol. The van der Waals surface area contributed by atoms with Crippen molar-refractivity contribution in [3.05, 3.63) is 30.6 Å². The Balaban J connectivity index is 1.40. The summed E-state index contributed by atoms with van der Waals surface area (Å²) in [6.45, 7) is 4.62. The molecule has 0 unspecified atom stereocenters. The number of hydrogen-bond donors (Lipinski definition) is 1. The molecule has 3 heterocycles. The van der Waals surface area contributed by atoms with Gasteiger partial charge in [-0.2, -0.15) is 10.1 Å². The Morgan fingerprint density at radius 1 is 1.12 bits per heavy atom. The van der Waals surface area contributed by atoms with E-state index in [-0.39, 0.29) is 0 Å². The third-order valence-corrected chi connectivity index (χ3v) is 6.83. The quantitative estimate of drug-likeness (QED) is 0.598. The van der Waals surface area contributed by atoms with E-state index >= 15 is 0 Å². The first-order chi connectivity index (χ1) is 15.6. The second kappa shape index (κ2) is 9.45. The highest BCUT2D eigenvalue weighted by Gasteiger charge is 2.21. The lowest BCUT2D eigenvalue weighted by Crippen LogP contribution is -2.26. The molecule has 2 fully saturated rings. The van der Waals surface area contributed by atoms with Crippen LogP contribution in [0.1, 0.15) is 45.4 Å². The fraction of sp³-hybridized carbons (Fsp3) is 0.560. The summed E-state index contributed by atoms with van der Waals surface area (Å²) in [5.74, 6) is 2.64. The van der Waals surface area contributed by atoms with Crippen molar-refractivity contribution in [1.29, 1.82) is 0 Å². The number of hydrogen-bond acceptors (Lipinski definition) is 6. The minimum absolute atomic E-state index is 0.437. The Morgan fingerprint density at radius 3 is 2.75 bits per heavy atom. The molecule has 1 saturated heterocycles. The van der Waals surface area contributed by atoms with E-state index in [1.54, 1.807) is 0 Å². The van der Waals surface area contributed by atoms with Gasteiger partial charge in [0.05, 0.1) is 17.7 Å². The van der Waals surface area contributed by atoms with E-state index in [4.69, 9.17) is 14.5 Å². The van der Waals surface area contributed by atoms with Crippen LogP contribution in [-0.4, -0.2) is 45.6 Å². The van der Waals surface area contributed by atoms with Gasteiger partial charge in [-0.05, 0) is 68.1 Å². The Morgan fingerprint density at radius 2 is 1.94 bits per heavy atom. The second-order valence-corrected chi connectivity index (χ2v) is 9.46. The van der Waals surface area contributed by atoms with E-state index in [0.717, 1.165) is 54.0 Å². The van der Waals surface area contributed by atoms with Crippen molar-refractivity contribution in [1.82, 2.24) is 19.7 Å². The number of rotatable bonds is 6. The molecule has 1 saturated carbocycles. The highest BCUT2D eigenvalue weighted by atomic mass is 16.5. The standard InChI is InChI=1S/C25H33N5O2/c1-17-3-6-21(7-4-17)27-25-26-14-22(19-5-8-23-20(13-19)15-30(2)29-23)24(28-25)32-16-18-9-11-31-12-10-18/h5,8,13-15,17-18,21H,3-4,6-7,9-12,16H2,1-2H3,(H,26,27,28)/t17-,21-. The third kappa shape index (κ3) is 4.88. The number of nitrogens with one attached hydrogen (secondary N) is 1. The maximum atomic E-state index is 6.33. The molecule has 0 amide bonds. The second-order valence-electron chi connectivity index (χ2n) is 9.46. The average molecular weight is 436 g/mol. The van der Waals surface area contributed by atoms with Crippen LogP contribution in [0.4, 0.5) is 5.95 Å². The van der Waals surface area contributed by atoms with Gasteiger partial charge in [-0.3, -0.25) is 4.68 Å². The summed E-state index contributed by atoms with van der Waals surface area (Å²) in [4.78, 5) is 9.50. The molecule has 0 spiro atoms. The van der Waals surface area contributed by atoms with Crippen LogP contribution in [0.5, 0.6) is 5.88 Å². The van der Waals surface area contributed by atoms with Crippen molar-refractivity contribution in [2.75, 3.05) is 25.1 Å². The number of aryl methyl sites for hydroxylation is 1. The Kier molecular flexibility index (Phi) is 6.26. The molecule has 0 atom stereocenters. The monoisotopic (exact) mass is 435 g/mol. The molecule has 7 heteroatoms. The van der Waals surface area contributed by atoms with E-state index in [0.29, 0.717) is 30.4 Å². The highest BCUT2D eigenvalue weighted by Crippen LogP contribution is 2.32. The molecule has 2 aliphatic rings. The van der Waals surface area contributed by atoms with Crippen molar-refractivity contribution in [3.8, 4) is 17.0 Å². The molecule has 170 valence electrons. The first kappa shape index (κ1) is 21.2. The average Bonchev–Trinajstić information content (AvgIpc) is 3.19. The summed E-state index contributed by atoms with van der Waals surface area (Å²) in [5, 5.41) is 9.14. The molecule has 5 rings (SSSR count). The first-order valence-electron chi connectivity index (χ1n) is 11.9. The fourth-order valence-electron chi connectivity index (χ4n) is 4.76. The number of aromatic nitrogens is 4. The van der Waals surface area contributed by atoms with Crippen LogP contribution >= 0.6 is 0 Å². The lowest BCUT2D eigenvalue weighted by Gasteiger charge is -2.27. The van der Waals surface area contributed by atoms with Crippen LogP contribution in [0, 0.1) is 11.8 Å². The largest absolute Gasteiger partial charge is 0.477 e. The van der Waals surface area contributed by atoms with Crippen LogP contribution in [0.3, 0.4) is 0 Å². The predicted octanol–water partition coefficient (Wildman–Crippen LogP) is 4.83. The molecule has 1 N–H and O–H groups in total. The third-order valence-electron chi connectivity index (χ3n) is 6.83. The molecule has 1 aliphatic carbocycles. The smallest absolute Gasteiger partial charge is 0.226 e. The molecular formula is C25H33N5O2. The molecule has 2 aromatic heterocycles.